The molecule has 3 rings (SSSR count). The Morgan fingerprint density at radius 1 is 1.29 bits per heavy atom. The molecule has 2 heterocycles. The third-order valence-corrected chi connectivity index (χ3v) is 4.96. The van der Waals surface area contributed by atoms with Crippen molar-refractivity contribution in [2.24, 2.45) is 0 Å². The number of amides is 2. The van der Waals surface area contributed by atoms with Gasteiger partial charge in [-0.25, -0.2) is 9.78 Å². The Kier molecular flexibility index (Phi) is 5.79. The van der Waals surface area contributed by atoms with E-state index in [2.05, 4.69) is 15.6 Å². The Labute approximate surface area is 167 Å². The first-order valence-corrected chi connectivity index (χ1v) is 9.96. The molecular formula is C20H23N3O4S. The van der Waals surface area contributed by atoms with Gasteiger partial charge >= 0.3 is 6.09 Å². The fraction of sp³-hybridized carbons (Fsp3) is 0.350. The van der Waals surface area contributed by atoms with Crippen LogP contribution in [0.2, 0.25) is 0 Å². The molecule has 2 amide bonds. The van der Waals surface area contributed by atoms with Gasteiger partial charge in [0.15, 0.2) is 0 Å². The summed E-state index contributed by atoms with van der Waals surface area (Å²) in [6.45, 7) is 5.31. The molecule has 8 heteroatoms. The Morgan fingerprint density at radius 3 is 2.75 bits per heavy atom. The molecule has 3 N–H and O–H groups in total. The first kappa shape index (κ1) is 20.0. The Bertz CT molecular complexity index is 937. The number of hydrogen-bond acceptors (Lipinski definition) is 6. The number of alkyl carbamates (subject to hydrolysis) is 1. The third kappa shape index (κ3) is 4.95. The second-order valence-electron chi connectivity index (χ2n) is 7.45. The molecule has 2 aromatic rings. The molecular weight excluding hydrogens is 378 g/mol. The smallest absolute Gasteiger partial charge is 0.408 e. The summed E-state index contributed by atoms with van der Waals surface area (Å²) < 4.78 is 5.30. The number of carbonyl (C=O) groups excluding carboxylic acids is 2. The molecule has 1 aromatic heterocycles. The SMILES string of the molecule is CC(C)(C)OC(=O)N[C@@H](C(=O)Nc1ccc2c(O)nccc2c1)C1=CSCC1. The van der Waals surface area contributed by atoms with Crippen LogP contribution in [0.4, 0.5) is 10.5 Å². The molecule has 0 saturated carbocycles. The van der Waals surface area contributed by atoms with Crippen molar-refractivity contribution < 1.29 is 19.4 Å². The summed E-state index contributed by atoms with van der Waals surface area (Å²) in [6, 6.07) is 6.05. The molecule has 1 aliphatic heterocycles. The van der Waals surface area contributed by atoms with Crippen LogP contribution in [0.15, 0.2) is 41.4 Å². The van der Waals surface area contributed by atoms with E-state index in [1.807, 2.05) is 5.41 Å². The lowest BCUT2D eigenvalue weighted by Crippen LogP contribution is -2.46. The molecule has 148 valence electrons. The van der Waals surface area contributed by atoms with Gasteiger partial charge in [-0.05, 0) is 67.8 Å². The summed E-state index contributed by atoms with van der Waals surface area (Å²) in [5, 5.41) is 18.6. The minimum Gasteiger partial charge on any atom is -0.493 e. The average Bonchev–Trinajstić information content (AvgIpc) is 3.12. The van der Waals surface area contributed by atoms with Gasteiger partial charge in [-0.3, -0.25) is 4.79 Å². The van der Waals surface area contributed by atoms with Crippen molar-refractivity contribution in [3.63, 3.8) is 0 Å². The minimum atomic E-state index is -0.814. The van der Waals surface area contributed by atoms with E-state index in [0.717, 1.165) is 23.1 Å². The van der Waals surface area contributed by atoms with E-state index in [0.29, 0.717) is 11.1 Å². The lowest BCUT2D eigenvalue weighted by molar-refractivity contribution is -0.117. The predicted octanol–water partition coefficient (Wildman–Crippen LogP) is 3.79. The maximum atomic E-state index is 12.9. The minimum absolute atomic E-state index is 0.0621. The summed E-state index contributed by atoms with van der Waals surface area (Å²) in [4.78, 5) is 29.0. The van der Waals surface area contributed by atoms with Gasteiger partial charge in [0.05, 0.1) is 0 Å². The van der Waals surface area contributed by atoms with E-state index in [1.165, 1.54) is 6.20 Å². The first-order valence-electron chi connectivity index (χ1n) is 8.91. The van der Waals surface area contributed by atoms with Crippen molar-refractivity contribution in [2.75, 3.05) is 11.1 Å². The molecule has 7 nitrogen and oxygen atoms in total. The fourth-order valence-electron chi connectivity index (χ4n) is 2.82. The molecule has 0 spiro atoms. The van der Waals surface area contributed by atoms with Crippen LogP contribution in [0, 0.1) is 0 Å². The summed E-state index contributed by atoms with van der Waals surface area (Å²) in [6.07, 6.45) is 1.58. The van der Waals surface area contributed by atoms with Crippen LogP contribution < -0.4 is 10.6 Å². The number of hydrogen-bond donors (Lipinski definition) is 3. The Hall–Kier alpha value is -2.74. The van der Waals surface area contributed by atoms with Crippen molar-refractivity contribution in [3.8, 4) is 5.88 Å². The number of nitrogens with zero attached hydrogens (tertiary/aromatic N) is 1. The lowest BCUT2D eigenvalue weighted by atomic mass is 10.1. The number of rotatable bonds is 4. The van der Waals surface area contributed by atoms with E-state index in [9.17, 15) is 14.7 Å². The molecule has 0 bridgehead atoms. The highest BCUT2D eigenvalue weighted by atomic mass is 32.2. The Morgan fingerprint density at radius 2 is 2.07 bits per heavy atom. The van der Waals surface area contributed by atoms with Crippen LogP contribution >= 0.6 is 11.8 Å². The van der Waals surface area contributed by atoms with Crippen molar-refractivity contribution in [2.45, 2.75) is 38.8 Å². The third-order valence-electron chi connectivity index (χ3n) is 4.05. The van der Waals surface area contributed by atoms with E-state index < -0.39 is 17.7 Å². The van der Waals surface area contributed by atoms with Crippen molar-refractivity contribution in [1.29, 1.82) is 0 Å². The van der Waals surface area contributed by atoms with E-state index >= 15 is 0 Å². The zero-order valence-corrected chi connectivity index (χ0v) is 16.8. The molecule has 1 aromatic carbocycles. The number of ether oxygens (including phenoxy) is 1. The van der Waals surface area contributed by atoms with Crippen LogP contribution in [-0.2, 0) is 9.53 Å². The van der Waals surface area contributed by atoms with Gasteiger partial charge in [0.1, 0.15) is 11.6 Å². The van der Waals surface area contributed by atoms with Gasteiger partial charge < -0.3 is 20.5 Å². The Balaban J connectivity index is 1.78. The van der Waals surface area contributed by atoms with Crippen LogP contribution in [-0.4, -0.2) is 39.5 Å². The van der Waals surface area contributed by atoms with Gasteiger partial charge in [-0.15, -0.1) is 11.8 Å². The number of fused-ring (bicyclic) bond motifs is 1. The second kappa shape index (κ2) is 8.10. The van der Waals surface area contributed by atoms with Gasteiger partial charge in [-0.1, -0.05) is 0 Å². The van der Waals surface area contributed by atoms with E-state index in [4.69, 9.17) is 4.74 Å². The molecule has 0 saturated heterocycles. The number of aromatic nitrogens is 1. The van der Waals surface area contributed by atoms with Crippen LogP contribution in [0.1, 0.15) is 27.2 Å². The number of pyridine rings is 1. The van der Waals surface area contributed by atoms with Gasteiger partial charge in [0, 0.05) is 23.0 Å². The van der Waals surface area contributed by atoms with Crippen molar-refractivity contribution >= 4 is 40.2 Å². The molecule has 0 unspecified atom stereocenters. The zero-order chi connectivity index (χ0) is 20.3. The summed E-state index contributed by atoms with van der Waals surface area (Å²) in [5.74, 6) is 0.461. The number of benzene rings is 1. The van der Waals surface area contributed by atoms with Crippen molar-refractivity contribution in [3.05, 3.63) is 41.4 Å². The molecule has 0 aliphatic carbocycles. The van der Waals surface area contributed by atoms with Crippen molar-refractivity contribution in [1.82, 2.24) is 10.3 Å². The normalized spacial score (nSPS) is 15.0. The number of aromatic hydroxyl groups is 1. The molecule has 1 aliphatic rings. The fourth-order valence-corrected chi connectivity index (χ4v) is 3.76. The van der Waals surface area contributed by atoms with Crippen LogP contribution in [0.5, 0.6) is 5.88 Å². The van der Waals surface area contributed by atoms with Gasteiger partial charge in [0.25, 0.3) is 5.91 Å². The standard InChI is InChI=1S/C20H23N3O4S/c1-20(2,3)27-19(26)23-16(13-7-9-28-11-13)18(25)22-14-4-5-15-12(10-14)6-8-21-17(15)24/h4-6,8,10-11,16H,7,9H2,1-3H3,(H,21,24)(H,22,25)(H,23,26)/t16-/m1/s1. The highest BCUT2D eigenvalue weighted by Crippen LogP contribution is 2.27. The highest BCUT2D eigenvalue weighted by Gasteiger charge is 2.29. The quantitative estimate of drug-likeness (QED) is 0.721. The number of nitrogens with one attached hydrogen (secondary N) is 2. The van der Waals surface area contributed by atoms with Gasteiger partial charge in [-0.2, -0.15) is 0 Å². The number of thioether (sulfide) groups is 1. The second-order valence-corrected chi connectivity index (χ2v) is 8.43. The average molecular weight is 401 g/mol. The predicted molar refractivity (Wildman–Crippen MR) is 110 cm³/mol. The maximum absolute atomic E-state index is 12.9. The van der Waals surface area contributed by atoms with Crippen LogP contribution in [0.3, 0.4) is 0 Å². The maximum Gasteiger partial charge on any atom is 0.408 e. The monoisotopic (exact) mass is 401 g/mol. The van der Waals surface area contributed by atoms with Gasteiger partial charge in [0.2, 0.25) is 5.88 Å². The lowest BCUT2D eigenvalue weighted by Gasteiger charge is -2.24. The molecule has 0 radical (unpaired) electrons. The van der Waals surface area contributed by atoms with Crippen LogP contribution in [0.25, 0.3) is 10.8 Å². The molecule has 28 heavy (non-hydrogen) atoms. The highest BCUT2D eigenvalue weighted by molar-refractivity contribution is 8.02. The van der Waals surface area contributed by atoms with E-state index in [1.54, 1.807) is 56.8 Å². The summed E-state index contributed by atoms with van der Waals surface area (Å²) in [5.41, 5.74) is 0.750. The summed E-state index contributed by atoms with van der Waals surface area (Å²) in [7, 11) is 0. The van der Waals surface area contributed by atoms with E-state index in [-0.39, 0.29) is 11.8 Å². The number of carbonyl (C=O) groups is 2. The molecule has 1 atom stereocenters. The summed E-state index contributed by atoms with van der Waals surface area (Å²) >= 11 is 1.61. The molecule has 0 fully saturated rings. The largest absolute Gasteiger partial charge is 0.493 e. The zero-order valence-electron chi connectivity index (χ0n) is 16.0. The number of anilines is 1. The topological polar surface area (TPSA) is 101 Å². The first-order chi connectivity index (χ1) is 13.2.